The van der Waals surface area contributed by atoms with Crippen LogP contribution in [0.1, 0.15) is 16.1 Å². The van der Waals surface area contributed by atoms with Crippen LogP contribution in [0.2, 0.25) is 0 Å². The number of carbonyl (C=O) groups is 2. The van der Waals surface area contributed by atoms with Crippen molar-refractivity contribution in [1.82, 2.24) is 9.80 Å². The topological polar surface area (TPSA) is 53.1 Å². The van der Waals surface area contributed by atoms with Gasteiger partial charge in [0.25, 0.3) is 5.91 Å². The van der Waals surface area contributed by atoms with Crippen LogP contribution in [0.3, 0.4) is 0 Å². The summed E-state index contributed by atoms with van der Waals surface area (Å²) < 4.78 is 5.85. The van der Waals surface area contributed by atoms with Gasteiger partial charge in [0, 0.05) is 50.9 Å². The van der Waals surface area contributed by atoms with Gasteiger partial charge in [0.15, 0.2) is 0 Å². The van der Waals surface area contributed by atoms with Crippen LogP contribution < -0.4 is 9.64 Å². The third-order valence-electron chi connectivity index (χ3n) is 6.08. The normalized spacial score (nSPS) is 19.4. The summed E-state index contributed by atoms with van der Waals surface area (Å²) in [5.41, 5.74) is 0.893. The fourth-order valence-corrected chi connectivity index (χ4v) is 5.04. The number of ether oxygens (including phenoxy) is 1. The van der Waals surface area contributed by atoms with Crippen molar-refractivity contribution in [1.29, 1.82) is 0 Å². The molecule has 0 spiro atoms. The number of anilines is 1. The van der Waals surface area contributed by atoms with Crippen molar-refractivity contribution < 1.29 is 14.3 Å². The molecule has 3 aromatic rings. The monoisotopic (exact) mass is 447 g/mol. The predicted octanol–water partition coefficient (Wildman–Crippen LogP) is 4.10. The summed E-state index contributed by atoms with van der Waals surface area (Å²) in [7, 11) is 0. The zero-order chi connectivity index (χ0) is 21.9. The lowest BCUT2D eigenvalue weighted by Gasteiger charge is -2.37. The Morgan fingerprint density at radius 3 is 2.28 bits per heavy atom. The third kappa shape index (κ3) is 4.40. The van der Waals surface area contributed by atoms with Crippen LogP contribution in [0.15, 0.2) is 72.1 Å². The molecule has 0 bridgehead atoms. The van der Waals surface area contributed by atoms with E-state index in [0.717, 1.165) is 35.2 Å². The largest absolute Gasteiger partial charge is 0.457 e. The Bertz CT molecular complexity index is 1060. The number of amides is 2. The van der Waals surface area contributed by atoms with Crippen molar-refractivity contribution in [2.24, 2.45) is 0 Å². The van der Waals surface area contributed by atoms with Gasteiger partial charge >= 0.3 is 0 Å². The summed E-state index contributed by atoms with van der Waals surface area (Å²) in [5.74, 6) is 1.79. The van der Waals surface area contributed by atoms with Crippen molar-refractivity contribution in [3.63, 3.8) is 0 Å². The molecule has 0 saturated carbocycles. The molecule has 7 heteroatoms. The first kappa shape index (κ1) is 20.7. The number of hydrogen-bond acceptors (Lipinski definition) is 5. The van der Waals surface area contributed by atoms with E-state index in [2.05, 4.69) is 4.90 Å². The van der Waals surface area contributed by atoms with E-state index < -0.39 is 0 Å². The first-order valence-corrected chi connectivity index (χ1v) is 11.8. The number of para-hydroxylation sites is 1. The van der Waals surface area contributed by atoms with E-state index in [4.69, 9.17) is 4.74 Å². The van der Waals surface area contributed by atoms with Crippen LogP contribution in [-0.4, -0.2) is 60.4 Å². The van der Waals surface area contributed by atoms with Crippen LogP contribution in [0, 0.1) is 0 Å². The molecule has 32 heavy (non-hydrogen) atoms. The zero-order valence-corrected chi connectivity index (χ0v) is 18.5. The SMILES string of the molecule is O=C(c1cccs1)N1CCN(C2CC(=O)N(c3ccc(Oc4ccccc4)cc3)C2)CC1. The van der Waals surface area contributed by atoms with E-state index >= 15 is 0 Å². The summed E-state index contributed by atoms with van der Waals surface area (Å²) >= 11 is 1.49. The van der Waals surface area contributed by atoms with Gasteiger partial charge in [-0.2, -0.15) is 0 Å². The van der Waals surface area contributed by atoms with Gasteiger partial charge in [-0.3, -0.25) is 14.5 Å². The van der Waals surface area contributed by atoms with Crippen molar-refractivity contribution >= 4 is 28.8 Å². The summed E-state index contributed by atoms with van der Waals surface area (Å²) in [6.07, 6.45) is 0.515. The number of thiophene rings is 1. The highest BCUT2D eigenvalue weighted by molar-refractivity contribution is 7.12. The van der Waals surface area contributed by atoms with Crippen molar-refractivity contribution in [2.75, 3.05) is 37.6 Å². The van der Waals surface area contributed by atoms with Gasteiger partial charge in [-0.15, -0.1) is 11.3 Å². The minimum Gasteiger partial charge on any atom is -0.457 e. The fourth-order valence-electron chi connectivity index (χ4n) is 4.35. The van der Waals surface area contributed by atoms with Crippen molar-refractivity contribution in [2.45, 2.75) is 12.5 Å². The lowest BCUT2D eigenvalue weighted by molar-refractivity contribution is -0.117. The fraction of sp³-hybridized carbons (Fsp3) is 0.280. The van der Waals surface area contributed by atoms with E-state index in [-0.39, 0.29) is 17.9 Å². The smallest absolute Gasteiger partial charge is 0.264 e. The molecular weight excluding hydrogens is 422 g/mol. The van der Waals surface area contributed by atoms with Crippen LogP contribution in [0.5, 0.6) is 11.5 Å². The molecule has 2 saturated heterocycles. The molecule has 2 fully saturated rings. The maximum atomic E-state index is 12.7. The quantitative estimate of drug-likeness (QED) is 0.591. The minimum atomic E-state index is 0.113. The second-order valence-corrected chi connectivity index (χ2v) is 9.02. The Hall–Kier alpha value is -3.16. The molecule has 0 aliphatic carbocycles. The zero-order valence-electron chi connectivity index (χ0n) is 17.7. The number of piperazine rings is 1. The van der Waals surface area contributed by atoms with Gasteiger partial charge in [-0.05, 0) is 47.8 Å². The van der Waals surface area contributed by atoms with Crippen LogP contribution in [0.4, 0.5) is 5.69 Å². The Labute approximate surface area is 191 Å². The summed E-state index contributed by atoms with van der Waals surface area (Å²) in [6.45, 7) is 3.68. The van der Waals surface area contributed by atoms with E-state index in [1.807, 2.05) is 81.9 Å². The predicted molar refractivity (Wildman–Crippen MR) is 126 cm³/mol. The lowest BCUT2D eigenvalue weighted by Crippen LogP contribution is -2.52. The highest BCUT2D eigenvalue weighted by Crippen LogP contribution is 2.28. The van der Waals surface area contributed by atoms with Gasteiger partial charge in [-0.25, -0.2) is 0 Å². The third-order valence-corrected chi connectivity index (χ3v) is 6.94. The molecule has 5 rings (SSSR count). The second kappa shape index (κ2) is 9.14. The van der Waals surface area contributed by atoms with Gasteiger partial charge in [0.05, 0.1) is 4.88 Å². The summed E-state index contributed by atoms with van der Waals surface area (Å²) in [5, 5.41) is 1.93. The van der Waals surface area contributed by atoms with Gasteiger partial charge in [-0.1, -0.05) is 24.3 Å². The van der Waals surface area contributed by atoms with E-state index in [9.17, 15) is 9.59 Å². The molecule has 2 aliphatic heterocycles. The molecule has 1 unspecified atom stereocenters. The van der Waals surface area contributed by atoms with Crippen molar-refractivity contribution in [3.8, 4) is 11.5 Å². The Morgan fingerprint density at radius 1 is 0.875 bits per heavy atom. The summed E-state index contributed by atoms with van der Waals surface area (Å²) in [4.78, 5) is 32.2. The molecule has 0 N–H and O–H groups in total. The van der Waals surface area contributed by atoms with Crippen LogP contribution >= 0.6 is 11.3 Å². The number of hydrogen-bond donors (Lipinski definition) is 0. The van der Waals surface area contributed by atoms with Gasteiger partial charge < -0.3 is 14.5 Å². The average molecular weight is 448 g/mol. The Morgan fingerprint density at radius 2 is 1.59 bits per heavy atom. The maximum absolute atomic E-state index is 12.7. The van der Waals surface area contributed by atoms with E-state index in [1.165, 1.54) is 11.3 Å². The number of rotatable bonds is 5. The Kier molecular flexibility index (Phi) is 5.92. The molecule has 1 atom stereocenters. The van der Waals surface area contributed by atoms with E-state index in [1.54, 1.807) is 0 Å². The number of carbonyl (C=O) groups excluding carboxylic acids is 2. The first-order valence-electron chi connectivity index (χ1n) is 10.9. The van der Waals surface area contributed by atoms with Gasteiger partial charge in [0.1, 0.15) is 11.5 Å². The molecule has 3 heterocycles. The Balaban J connectivity index is 1.17. The molecule has 2 amide bonds. The molecule has 6 nitrogen and oxygen atoms in total. The number of nitrogens with zero attached hydrogens (tertiary/aromatic N) is 3. The van der Waals surface area contributed by atoms with Crippen LogP contribution in [-0.2, 0) is 4.79 Å². The molecule has 2 aromatic carbocycles. The maximum Gasteiger partial charge on any atom is 0.264 e. The highest BCUT2D eigenvalue weighted by atomic mass is 32.1. The average Bonchev–Trinajstić information content (AvgIpc) is 3.50. The minimum absolute atomic E-state index is 0.113. The molecule has 2 aliphatic rings. The molecule has 0 radical (unpaired) electrons. The second-order valence-electron chi connectivity index (χ2n) is 8.08. The summed E-state index contributed by atoms with van der Waals surface area (Å²) in [6, 6.07) is 21.3. The molecular formula is C25H25N3O3S. The first-order chi connectivity index (χ1) is 15.7. The molecule has 1 aromatic heterocycles. The lowest BCUT2D eigenvalue weighted by atomic mass is 10.2. The van der Waals surface area contributed by atoms with Crippen LogP contribution in [0.25, 0.3) is 0 Å². The van der Waals surface area contributed by atoms with Gasteiger partial charge in [0.2, 0.25) is 5.91 Å². The standard InChI is InChI=1S/C25H25N3O3S/c29-24-17-20(26-12-14-27(15-13-26)25(30)23-7-4-16-32-23)18-28(24)19-8-10-22(11-9-19)31-21-5-2-1-3-6-21/h1-11,16,20H,12-15,17-18H2. The van der Waals surface area contributed by atoms with Crippen molar-refractivity contribution in [3.05, 3.63) is 77.0 Å². The number of benzene rings is 2. The molecule has 164 valence electrons. The van der Waals surface area contributed by atoms with E-state index in [0.29, 0.717) is 26.1 Å². The highest BCUT2D eigenvalue weighted by Gasteiger charge is 2.36.